The van der Waals surface area contributed by atoms with E-state index in [1.165, 1.54) is 22.5 Å². The van der Waals surface area contributed by atoms with Gasteiger partial charge >= 0.3 is 5.97 Å². The lowest BCUT2D eigenvalue weighted by Crippen LogP contribution is -2.22. The van der Waals surface area contributed by atoms with E-state index in [2.05, 4.69) is 0 Å². The van der Waals surface area contributed by atoms with Crippen LogP contribution in [0.3, 0.4) is 0 Å². The number of rotatable bonds is 11. The van der Waals surface area contributed by atoms with Gasteiger partial charge in [-0.2, -0.15) is 0 Å². The van der Waals surface area contributed by atoms with E-state index in [0.29, 0.717) is 29.1 Å². The van der Waals surface area contributed by atoms with Crippen LogP contribution in [-0.4, -0.2) is 28.6 Å². The van der Waals surface area contributed by atoms with Crippen molar-refractivity contribution in [1.82, 2.24) is 0 Å². The van der Waals surface area contributed by atoms with E-state index in [9.17, 15) is 27.4 Å². The van der Waals surface area contributed by atoms with Crippen molar-refractivity contribution in [2.24, 2.45) is 0 Å². The molecule has 0 saturated carbocycles. The molecule has 0 heterocycles. The first-order chi connectivity index (χ1) is 21.6. The predicted octanol–water partition coefficient (Wildman–Crippen LogP) is 7.25. The van der Waals surface area contributed by atoms with E-state index in [4.69, 9.17) is 4.74 Å². The molecule has 5 rings (SSSR count). The summed E-state index contributed by atoms with van der Waals surface area (Å²) in [6, 6.07) is 32.3. The zero-order chi connectivity index (χ0) is 32.1. The van der Waals surface area contributed by atoms with Gasteiger partial charge in [-0.25, -0.2) is 4.79 Å². The van der Waals surface area contributed by atoms with Crippen LogP contribution in [0.25, 0.3) is 0 Å². The van der Waals surface area contributed by atoms with Gasteiger partial charge in [0.15, 0.2) is 0 Å². The molecule has 2 unspecified atom stereocenters. The highest BCUT2D eigenvalue weighted by molar-refractivity contribution is 7.81. The first-order valence-electron chi connectivity index (χ1n) is 13.7. The highest BCUT2D eigenvalue weighted by Crippen LogP contribution is 2.37. The van der Waals surface area contributed by atoms with Crippen LogP contribution in [0.5, 0.6) is 11.5 Å². The maximum atomic E-state index is 12.5. The third-order valence-corrected chi connectivity index (χ3v) is 8.41. The number of benzene rings is 5. The van der Waals surface area contributed by atoms with Gasteiger partial charge in [0.05, 0.1) is 50.8 Å². The molecule has 0 fully saturated rings. The molecule has 0 aliphatic carbocycles. The molecule has 0 radical (unpaired) electrons. The summed E-state index contributed by atoms with van der Waals surface area (Å²) in [5.41, 5.74) is 4.31. The molecule has 5 aromatic carbocycles. The molecule has 0 aromatic heterocycles. The van der Waals surface area contributed by atoms with Crippen LogP contribution >= 0.6 is 0 Å². The van der Waals surface area contributed by atoms with Gasteiger partial charge in [-0.1, -0.05) is 65.7 Å². The molecule has 0 amide bonds. The lowest BCUT2D eigenvalue weighted by Gasteiger charge is -2.29. The second-order valence-electron chi connectivity index (χ2n) is 10.2. The lowest BCUT2D eigenvalue weighted by molar-refractivity contribution is 0.0697. The Morgan fingerprint density at radius 1 is 0.689 bits per heavy atom. The topological polar surface area (TPSA) is 133 Å². The van der Waals surface area contributed by atoms with Crippen LogP contribution in [0.2, 0.25) is 0 Å². The Morgan fingerprint density at radius 2 is 1.18 bits per heavy atom. The first kappa shape index (κ1) is 31.6. The maximum Gasteiger partial charge on any atom is 0.337 e. The molecule has 0 aliphatic heterocycles. The Balaban J connectivity index is 1.54. The molecule has 0 aliphatic rings. The van der Waals surface area contributed by atoms with Crippen molar-refractivity contribution in [2.45, 2.75) is 20.3 Å². The van der Waals surface area contributed by atoms with E-state index in [0.717, 1.165) is 21.0 Å². The number of carbonyl (C=O) groups is 1. The van der Waals surface area contributed by atoms with E-state index >= 15 is 0 Å². The van der Waals surface area contributed by atoms with Crippen LogP contribution in [0.1, 0.15) is 32.6 Å². The molecule has 9 nitrogen and oxygen atoms in total. The number of anilines is 4. The van der Waals surface area contributed by atoms with Gasteiger partial charge in [0.2, 0.25) is 0 Å². The number of carboxylic acids is 1. The number of aryl methyl sites for hydroxylation is 2. The molecule has 0 saturated heterocycles. The van der Waals surface area contributed by atoms with Gasteiger partial charge in [0.1, 0.15) is 11.5 Å². The minimum atomic E-state index is -2.81. The van der Waals surface area contributed by atoms with Crippen LogP contribution < -0.4 is 13.3 Å². The Labute approximate surface area is 266 Å². The van der Waals surface area contributed by atoms with Gasteiger partial charge in [0, 0.05) is 0 Å². The van der Waals surface area contributed by atoms with Crippen molar-refractivity contribution in [3.8, 4) is 11.5 Å². The van der Waals surface area contributed by atoms with Gasteiger partial charge in [-0.05, 0) is 92.1 Å². The standard InChI is InChI=1S/C34H30N2O7S2/c1-23-8-12-27(13-9-23)35(44(39)40)32-18-16-29(21-26(32)20-25-6-4-3-5-7-25)43-30-17-19-33(31(22-30)34(37)38)36(45(41)42)28-14-10-24(2)11-15-28/h3-19,21-22H,20H2,1-2H3,(H,37,38)(H,39,40)(H,41,42)/p-2. The molecule has 1 N–H and O–H groups in total. The van der Waals surface area contributed by atoms with Crippen molar-refractivity contribution in [1.29, 1.82) is 0 Å². The first-order valence-corrected chi connectivity index (χ1v) is 15.8. The molecule has 11 heteroatoms. The summed E-state index contributed by atoms with van der Waals surface area (Å²) in [4.78, 5) is 12.3. The van der Waals surface area contributed by atoms with Gasteiger partial charge < -0.3 is 18.9 Å². The van der Waals surface area contributed by atoms with Gasteiger partial charge in [0.25, 0.3) is 0 Å². The summed E-state index contributed by atoms with van der Waals surface area (Å²) in [5.74, 6) is -0.861. The molecular formula is C34H28N2O7S2-2. The SMILES string of the molecule is Cc1ccc(N(c2ccc(Oc3ccc(N(c4ccc(C)cc4)S(=O)[O-])c(C(=O)O)c3)cc2Cc2ccccc2)S(=O)[O-])cc1. The molecule has 0 spiro atoms. The van der Waals surface area contributed by atoms with E-state index in [-0.39, 0.29) is 22.7 Å². The molecule has 0 bridgehead atoms. The van der Waals surface area contributed by atoms with Crippen molar-refractivity contribution in [2.75, 3.05) is 8.61 Å². The molecule has 2 atom stereocenters. The third kappa shape index (κ3) is 7.47. The highest BCUT2D eigenvalue weighted by Gasteiger charge is 2.21. The number of ether oxygens (including phenoxy) is 1. The number of aromatic carboxylic acids is 1. The lowest BCUT2D eigenvalue weighted by atomic mass is 10.0. The fourth-order valence-electron chi connectivity index (χ4n) is 4.82. The summed E-state index contributed by atoms with van der Waals surface area (Å²) >= 11 is -5.45. The van der Waals surface area contributed by atoms with E-state index in [1.54, 1.807) is 54.6 Å². The Morgan fingerprint density at radius 3 is 1.69 bits per heavy atom. The monoisotopic (exact) mass is 640 g/mol. The Bertz CT molecular complexity index is 1870. The van der Waals surface area contributed by atoms with Crippen LogP contribution in [0.15, 0.2) is 115 Å². The summed E-state index contributed by atoms with van der Waals surface area (Å²) in [6.07, 6.45) is 0.382. The summed E-state index contributed by atoms with van der Waals surface area (Å²) in [5, 5.41) is 10.0. The second kappa shape index (κ2) is 13.9. The largest absolute Gasteiger partial charge is 0.755 e. The normalized spacial score (nSPS) is 12.3. The van der Waals surface area contributed by atoms with Crippen molar-refractivity contribution in [3.63, 3.8) is 0 Å². The molecule has 230 valence electrons. The number of hydrogen-bond acceptors (Lipinski definition) is 6. The average molecular weight is 641 g/mol. The van der Waals surface area contributed by atoms with Crippen LogP contribution in [-0.2, 0) is 29.0 Å². The molecular weight excluding hydrogens is 613 g/mol. The average Bonchev–Trinajstić information content (AvgIpc) is 3.01. The zero-order valence-corrected chi connectivity index (χ0v) is 25.9. The van der Waals surface area contributed by atoms with Crippen LogP contribution in [0, 0.1) is 13.8 Å². The smallest absolute Gasteiger partial charge is 0.337 e. The maximum absolute atomic E-state index is 12.5. The second-order valence-corrected chi connectivity index (χ2v) is 11.8. The number of hydrogen-bond donors (Lipinski definition) is 1. The fraction of sp³-hybridized carbons (Fsp3) is 0.0882. The van der Waals surface area contributed by atoms with Crippen molar-refractivity contribution < 1.29 is 32.2 Å². The molecule has 5 aromatic rings. The number of carboxylic acid groups (broad SMARTS) is 1. The summed E-state index contributed by atoms with van der Waals surface area (Å²) in [7, 11) is 0. The Kier molecular flexibility index (Phi) is 9.74. The van der Waals surface area contributed by atoms with Crippen molar-refractivity contribution >= 4 is 51.3 Å². The Hall–Kier alpha value is -4.81. The van der Waals surface area contributed by atoms with E-state index < -0.39 is 28.5 Å². The summed E-state index contributed by atoms with van der Waals surface area (Å²) in [6.45, 7) is 3.77. The minimum absolute atomic E-state index is 0.0567. The van der Waals surface area contributed by atoms with Crippen molar-refractivity contribution in [3.05, 3.63) is 143 Å². The van der Waals surface area contributed by atoms with Gasteiger partial charge in [-0.15, -0.1) is 0 Å². The predicted molar refractivity (Wildman–Crippen MR) is 174 cm³/mol. The quantitative estimate of drug-likeness (QED) is 0.150. The third-order valence-electron chi connectivity index (χ3n) is 7.00. The van der Waals surface area contributed by atoms with Crippen LogP contribution in [0.4, 0.5) is 22.7 Å². The minimum Gasteiger partial charge on any atom is -0.755 e. The van der Waals surface area contributed by atoms with E-state index in [1.807, 2.05) is 56.3 Å². The van der Waals surface area contributed by atoms with Gasteiger partial charge in [-0.3, -0.25) is 17.0 Å². The molecule has 45 heavy (non-hydrogen) atoms. The summed E-state index contributed by atoms with van der Waals surface area (Å²) < 4.78 is 57.7. The fourth-order valence-corrected chi connectivity index (χ4v) is 6.06. The number of nitrogens with zero attached hydrogens (tertiary/aromatic N) is 2. The zero-order valence-electron chi connectivity index (χ0n) is 24.3. The highest BCUT2D eigenvalue weighted by atomic mass is 32.2.